The van der Waals surface area contributed by atoms with Crippen molar-refractivity contribution in [2.75, 3.05) is 11.9 Å². The van der Waals surface area contributed by atoms with E-state index in [1.807, 2.05) is 18.2 Å². The molecule has 3 heteroatoms. The zero-order valence-electron chi connectivity index (χ0n) is 6.55. The van der Waals surface area contributed by atoms with E-state index in [0.29, 0.717) is 0 Å². The molecule has 1 aromatic carbocycles. The molecule has 2 nitrogen and oxygen atoms in total. The van der Waals surface area contributed by atoms with E-state index in [1.54, 1.807) is 0 Å². The smallest absolute Gasteiger partial charge is 0.0640 e. The van der Waals surface area contributed by atoms with Crippen molar-refractivity contribution in [1.82, 2.24) is 0 Å². The van der Waals surface area contributed by atoms with Crippen LogP contribution in [-0.4, -0.2) is 17.8 Å². The third-order valence-electron chi connectivity index (χ3n) is 2.14. The van der Waals surface area contributed by atoms with Gasteiger partial charge in [0.15, 0.2) is 0 Å². The third-order valence-corrected chi connectivity index (χ3v) is 2.45. The predicted molar refractivity (Wildman–Crippen MR) is 49.7 cm³/mol. The fraction of sp³-hybridized carbons (Fsp3) is 0.333. The number of rotatable bonds is 1. The molecule has 1 aliphatic rings. The summed E-state index contributed by atoms with van der Waals surface area (Å²) >= 11 is 5.95. The van der Waals surface area contributed by atoms with E-state index in [2.05, 4.69) is 5.32 Å². The Kier molecular flexibility index (Phi) is 1.95. The van der Waals surface area contributed by atoms with Gasteiger partial charge in [-0.25, -0.2) is 0 Å². The van der Waals surface area contributed by atoms with Crippen molar-refractivity contribution >= 4 is 17.3 Å². The first kappa shape index (κ1) is 7.90. The molecule has 12 heavy (non-hydrogen) atoms. The molecule has 0 aromatic heterocycles. The van der Waals surface area contributed by atoms with Crippen molar-refractivity contribution in [3.63, 3.8) is 0 Å². The largest absolute Gasteiger partial charge is 0.394 e. The molecular weight excluding hydrogens is 174 g/mol. The van der Waals surface area contributed by atoms with Gasteiger partial charge in [-0.1, -0.05) is 23.7 Å². The van der Waals surface area contributed by atoms with Gasteiger partial charge in [0.2, 0.25) is 0 Å². The Morgan fingerprint density at radius 2 is 2.42 bits per heavy atom. The number of nitrogens with one attached hydrogen (secondary N) is 1. The van der Waals surface area contributed by atoms with Crippen LogP contribution in [0.2, 0.25) is 5.02 Å². The van der Waals surface area contributed by atoms with Gasteiger partial charge in [-0.2, -0.15) is 0 Å². The molecule has 0 amide bonds. The molecule has 0 saturated heterocycles. The van der Waals surface area contributed by atoms with Crippen molar-refractivity contribution in [3.05, 3.63) is 28.8 Å². The Morgan fingerprint density at radius 1 is 1.58 bits per heavy atom. The monoisotopic (exact) mass is 183 g/mol. The highest BCUT2D eigenvalue weighted by Crippen LogP contribution is 2.32. The highest BCUT2D eigenvalue weighted by atomic mass is 35.5. The van der Waals surface area contributed by atoms with Crippen molar-refractivity contribution in [2.24, 2.45) is 0 Å². The third kappa shape index (κ3) is 1.17. The van der Waals surface area contributed by atoms with Crippen LogP contribution < -0.4 is 5.32 Å². The highest BCUT2D eigenvalue weighted by Gasteiger charge is 2.20. The van der Waals surface area contributed by atoms with Crippen LogP contribution in [0.3, 0.4) is 0 Å². The van der Waals surface area contributed by atoms with Crippen molar-refractivity contribution in [1.29, 1.82) is 0 Å². The summed E-state index contributed by atoms with van der Waals surface area (Å²) in [7, 11) is 0. The van der Waals surface area contributed by atoms with Gasteiger partial charge < -0.3 is 10.4 Å². The summed E-state index contributed by atoms with van der Waals surface area (Å²) in [6.45, 7) is 0.158. The minimum absolute atomic E-state index is 0.139. The second-order valence-electron chi connectivity index (χ2n) is 3.00. The van der Waals surface area contributed by atoms with Gasteiger partial charge >= 0.3 is 0 Å². The second kappa shape index (κ2) is 2.96. The number of aliphatic hydroxyl groups is 1. The predicted octanol–water partition coefficient (Wildman–Crippen LogP) is 1.67. The summed E-state index contributed by atoms with van der Waals surface area (Å²) in [6, 6.07) is 5.96. The molecule has 1 heterocycles. The van der Waals surface area contributed by atoms with E-state index in [4.69, 9.17) is 16.7 Å². The molecule has 1 atom stereocenters. The fourth-order valence-corrected chi connectivity index (χ4v) is 1.78. The lowest BCUT2D eigenvalue weighted by atomic mass is 10.1. The first-order valence-corrected chi connectivity index (χ1v) is 4.34. The molecule has 0 unspecified atom stereocenters. The SMILES string of the molecule is OC[C@H]1Cc2cccc(Cl)c2N1. The number of fused-ring (bicyclic) bond motifs is 1. The van der Waals surface area contributed by atoms with Gasteiger partial charge in [-0.3, -0.25) is 0 Å². The Labute approximate surface area is 76.2 Å². The van der Waals surface area contributed by atoms with Crippen LogP contribution in [0.5, 0.6) is 0 Å². The second-order valence-corrected chi connectivity index (χ2v) is 3.41. The van der Waals surface area contributed by atoms with E-state index in [-0.39, 0.29) is 12.6 Å². The fourth-order valence-electron chi connectivity index (χ4n) is 1.53. The van der Waals surface area contributed by atoms with E-state index < -0.39 is 0 Å². The maximum atomic E-state index is 8.92. The normalized spacial score (nSPS) is 20.3. The van der Waals surface area contributed by atoms with Crippen molar-refractivity contribution < 1.29 is 5.11 Å². The first-order chi connectivity index (χ1) is 5.81. The van der Waals surface area contributed by atoms with Gasteiger partial charge in [-0.15, -0.1) is 0 Å². The minimum atomic E-state index is 0.139. The quantitative estimate of drug-likeness (QED) is 0.694. The van der Waals surface area contributed by atoms with E-state index in [1.165, 1.54) is 5.56 Å². The van der Waals surface area contributed by atoms with Crippen molar-refractivity contribution in [3.8, 4) is 0 Å². The molecule has 0 aliphatic carbocycles. The number of benzene rings is 1. The Hall–Kier alpha value is -0.730. The molecule has 64 valence electrons. The van der Waals surface area contributed by atoms with Crippen molar-refractivity contribution in [2.45, 2.75) is 12.5 Å². The lowest BCUT2D eigenvalue weighted by molar-refractivity contribution is 0.277. The van der Waals surface area contributed by atoms with E-state index in [9.17, 15) is 0 Å². The number of para-hydroxylation sites is 1. The average Bonchev–Trinajstić information content (AvgIpc) is 2.49. The van der Waals surface area contributed by atoms with E-state index in [0.717, 1.165) is 17.1 Å². The first-order valence-electron chi connectivity index (χ1n) is 3.96. The molecule has 0 radical (unpaired) electrons. The number of anilines is 1. The molecule has 2 N–H and O–H groups in total. The summed E-state index contributed by atoms with van der Waals surface area (Å²) in [4.78, 5) is 0. The van der Waals surface area contributed by atoms with Crippen LogP contribution in [0.1, 0.15) is 5.56 Å². The van der Waals surface area contributed by atoms with Gasteiger partial charge in [0.25, 0.3) is 0 Å². The van der Waals surface area contributed by atoms with Crippen LogP contribution in [-0.2, 0) is 6.42 Å². The summed E-state index contributed by atoms with van der Waals surface area (Å²) in [5.41, 5.74) is 2.18. The lowest BCUT2D eigenvalue weighted by Crippen LogP contribution is -2.19. The Morgan fingerprint density at radius 3 is 3.08 bits per heavy atom. The zero-order chi connectivity index (χ0) is 8.55. The lowest BCUT2D eigenvalue weighted by Gasteiger charge is -2.06. The van der Waals surface area contributed by atoms with Gasteiger partial charge in [-0.05, 0) is 18.1 Å². The van der Waals surface area contributed by atoms with Crippen LogP contribution in [0.25, 0.3) is 0 Å². The number of halogens is 1. The maximum Gasteiger partial charge on any atom is 0.0640 e. The zero-order valence-corrected chi connectivity index (χ0v) is 7.30. The van der Waals surface area contributed by atoms with Crippen LogP contribution >= 0.6 is 11.6 Å². The summed E-state index contributed by atoms with van der Waals surface area (Å²) in [5.74, 6) is 0. The summed E-state index contributed by atoms with van der Waals surface area (Å²) in [5, 5.41) is 12.8. The number of aliphatic hydroxyl groups excluding tert-OH is 1. The van der Waals surface area contributed by atoms with Crippen LogP contribution in [0.15, 0.2) is 18.2 Å². The summed E-state index contributed by atoms with van der Waals surface area (Å²) in [6.07, 6.45) is 0.867. The van der Waals surface area contributed by atoms with Gasteiger partial charge in [0.05, 0.1) is 23.4 Å². The topological polar surface area (TPSA) is 32.3 Å². The molecule has 0 bridgehead atoms. The highest BCUT2D eigenvalue weighted by molar-refractivity contribution is 6.33. The number of hydrogen-bond acceptors (Lipinski definition) is 2. The van der Waals surface area contributed by atoms with Gasteiger partial charge in [0, 0.05) is 0 Å². The van der Waals surface area contributed by atoms with Crippen LogP contribution in [0, 0.1) is 0 Å². The molecule has 1 aromatic rings. The summed E-state index contributed by atoms with van der Waals surface area (Å²) < 4.78 is 0. The molecular formula is C9H10ClNO. The molecule has 0 spiro atoms. The van der Waals surface area contributed by atoms with Crippen LogP contribution in [0.4, 0.5) is 5.69 Å². The van der Waals surface area contributed by atoms with E-state index >= 15 is 0 Å². The Balaban J connectivity index is 2.35. The minimum Gasteiger partial charge on any atom is -0.394 e. The Bertz CT molecular complexity index is 301. The molecule has 0 fully saturated rings. The molecule has 0 saturated carbocycles. The van der Waals surface area contributed by atoms with Gasteiger partial charge in [0.1, 0.15) is 0 Å². The average molecular weight is 184 g/mol. The number of hydrogen-bond donors (Lipinski definition) is 2. The molecule has 2 rings (SSSR count). The maximum absolute atomic E-state index is 8.92. The standard InChI is InChI=1S/C9H10ClNO/c10-8-3-1-2-6-4-7(5-12)11-9(6)8/h1-3,7,11-12H,4-5H2/t7-/m1/s1. The molecule has 1 aliphatic heterocycles.